The van der Waals surface area contributed by atoms with Gasteiger partial charge in [0.2, 0.25) is 0 Å². The van der Waals surface area contributed by atoms with E-state index in [9.17, 15) is 9.59 Å². The monoisotopic (exact) mass is 254 g/mol. The van der Waals surface area contributed by atoms with Gasteiger partial charge in [-0.25, -0.2) is 0 Å². The van der Waals surface area contributed by atoms with E-state index >= 15 is 0 Å². The average Bonchev–Trinajstić information content (AvgIpc) is 2.33. The van der Waals surface area contributed by atoms with Crippen molar-refractivity contribution >= 4 is 11.8 Å². The average molecular weight is 254 g/mol. The van der Waals surface area contributed by atoms with Crippen molar-refractivity contribution in [3.63, 3.8) is 0 Å². The maximum atomic E-state index is 12.1. The van der Waals surface area contributed by atoms with E-state index in [1.165, 1.54) is 20.3 Å². The molecule has 3 atom stereocenters. The summed E-state index contributed by atoms with van der Waals surface area (Å²) in [6.07, 6.45) is 3.01. The fourth-order valence-electron chi connectivity index (χ4n) is 3.35. The van der Waals surface area contributed by atoms with Crippen molar-refractivity contribution in [3.05, 3.63) is 11.8 Å². The van der Waals surface area contributed by atoms with Crippen LogP contribution in [-0.2, 0) is 19.1 Å². The Labute approximate surface area is 106 Å². The molecule has 0 unspecified atom stereocenters. The number of aliphatic hydroxyl groups is 1. The summed E-state index contributed by atoms with van der Waals surface area (Å²) in [6, 6.07) is 0. The van der Waals surface area contributed by atoms with Crippen molar-refractivity contribution in [2.75, 3.05) is 20.8 Å². The minimum absolute atomic E-state index is 0.0343. The number of ketones is 1. The number of carbonyl (C=O) groups excluding carboxylic acids is 2. The SMILES string of the molecule is COC(=O)[C@]12CC(OC)=CC(=O)[C@H]1[C@@H](CCO)C2. The van der Waals surface area contributed by atoms with Gasteiger partial charge in [-0.2, -0.15) is 0 Å². The standard InChI is InChI=1S/C13H18O5/c1-17-9-5-10(15)11-8(3-4-14)6-13(11,7-9)12(16)18-2/h5,8,11,14H,3-4,6-7H2,1-2H3/t8-,11+,13+/m0/s1. The summed E-state index contributed by atoms with van der Waals surface area (Å²) in [4.78, 5) is 24.1. The molecule has 0 aromatic heterocycles. The third kappa shape index (κ3) is 1.73. The topological polar surface area (TPSA) is 72.8 Å². The Bertz CT molecular complexity index is 400. The van der Waals surface area contributed by atoms with E-state index in [2.05, 4.69) is 0 Å². The lowest BCUT2D eigenvalue weighted by Crippen LogP contribution is -2.58. The molecule has 1 saturated carbocycles. The molecule has 0 saturated heterocycles. The molecule has 0 spiro atoms. The predicted octanol–water partition coefficient (Wildman–Crippen LogP) is 0.667. The summed E-state index contributed by atoms with van der Waals surface area (Å²) in [5, 5.41) is 8.99. The Morgan fingerprint density at radius 3 is 2.83 bits per heavy atom. The van der Waals surface area contributed by atoms with Crippen molar-refractivity contribution in [1.29, 1.82) is 0 Å². The van der Waals surface area contributed by atoms with Gasteiger partial charge in [-0.1, -0.05) is 0 Å². The van der Waals surface area contributed by atoms with Crippen LogP contribution in [0, 0.1) is 17.3 Å². The summed E-state index contributed by atoms with van der Waals surface area (Å²) in [5.41, 5.74) is -0.772. The van der Waals surface area contributed by atoms with Gasteiger partial charge in [-0.05, 0) is 18.8 Å². The van der Waals surface area contributed by atoms with Gasteiger partial charge < -0.3 is 14.6 Å². The Hall–Kier alpha value is -1.36. The second kappa shape index (κ2) is 4.72. The molecule has 0 heterocycles. The van der Waals surface area contributed by atoms with Crippen LogP contribution in [0.2, 0.25) is 0 Å². The summed E-state index contributed by atoms with van der Waals surface area (Å²) in [5.74, 6) is -0.206. The molecule has 5 heteroatoms. The molecule has 0 aromatic carbocycles. The normalized spacial score (nSPS) is 34.2. The van der Waals surface area contributed by atoms with E-state index in [0.717, 1.165) is 0 Å². The number of esters is 1. The first-order valence-corrected chi connectivity index (χ1v) is 6.06. The molecule has 0 bridgehead atoms. The van der Waals surface area contributed by atoms with Crippen LogP contribution in [0.15, 0.2) is 11.8 Å². The molecule has 0 radical (unpaired) electrons. The third-order valence-corrected chi connectivity index (χ3v) is 4.15. The largest absolute Gasteiger partial charge is 0.501 e. The van der Waals surface area contributed by atoms with Crippen LogP contribution in [0.1, 0.15) is 19.3 Å². The Balaban J connectivity index is 2.30. The quantitative estimate of drug-likeness (QED) is 0.746. The molecule has 1 N–H and O–H groups in total. The van der Waals surface area contributed by atoms with Crippen LogP contribution in [-0.4, -0.2) is 37.7 Å². The lowest BCUT2D eigenvalue weighted by molar-refractivity contribution is -0.179. The highest BCUT2D eigenvalue weighted by molar-refractivity contribution is 6.00. The van der Waals surface area contributed by atoms with Gasteiger partial charge in [-0.15, -0.1) is 0 Å². The fraction of sp³-hybridized carbons (Fsp3) is 0.692. The Morgan fingerprint density at radius 1 is 1.56 bits per heavy atom. The van der Waals surface area contributed by atoms with Crippen LogP contribution >= 0.6 is 0 Å². The number of fused-ring (bicyclic) bond motifs is 1. The minimum Gasteiger partial charge on any atom is -0.501 e. The zero-order chi connectivity index (χ0) is 13.3. The van der Waals surface area contributed by atoms with E-state index < -0.39 is 5.41 Å². The second-order valence-corrected chi connectivity index (χ2v) is 5.00. The summed E-state index contributed by atoms with van der Waals surface area (Å²) < 4.78 is 9.96. The molecule has 0 aliphatic heterocycles. The first-order valence-electron chi connectivity index (χ1n) is 6.06. The molecule has 2 rings (SSSR count). The van der Waals surface area contributed by atoms with Crippen LogP contribution < -0.4 is 0 Å². The maximum Gasteiger partial charge on any atom is 0.313 e. The molecular formula is C13H18O5. The van der Waals surface area contributed by atoms with Crippen molar-refractivity contribution in [2.24, 2.45) is 17.3 Å². The van der Waals surface area contributed by atoms with E-state index in [1.807, 2.05) is 0 Å². The molecule has 0 aromatic rings. The minimum atomic E-state index is -0.772. The summed E-state index contributed by atoms with van der Waals surface area (Å²) in [6.45, 7) is 0.0343. The lowest BCUT2D eigenvalue weighted by atomic mass is 9.48. The number of ether oxygens (including phenoxy) is 2. The predicted molar refractivity (Wildman–Crippen MR) is 62.5 cm³/mol. The number of allylic oxidation sites excluding steroid dienone is 2. The van der Waals surface area contributed by atoms with E-state index in [0.29, 0.717) is 25.0 Å². The molecule has 18 heavy (non-hydrogen) atoms. The van der Waals surface area contributed by atoms with E-state index in [1.54, 1.807) is 0 Å². The number of hydrogen-bond donors (Lipinski definition) is 1. The van der Waals surface area contributed by atoms with Gasteiger partial charge in [0.05, 0.1) is 19.6 Å². The van der Waals surface area contributed by atoms with Gasteiger partial charge in [0.1, 0.15) is 5.76 Å². The molecule has 100 valence electrons. The maximum absolute atomic E-state index is 12.1. The van der Waals surface area contributed by atoms with Crippen LogP contribution in [0.4, 0.5) is 0 Å². The van der Waals surface area contributed by atoms with E-state index in [-0.39, 0.29) is 30.2 Å². The summed E-state index contributed by atoms with van der Waals surface area (Å²) >= 11 is 0. The molecular weight excluding hydrogens is 236 g/mol. The third-order valence-electron chi connectivity index (χ3n) is 4.15. The highest BCUT2D eigenvalue weighted by atomic mass is 16.5. The highest BCUT2D eigenvalue weighted by Crippen LogP contribution is 2.59. The number of rotatable bonds is 4. The van der Waals surface area contributed by atoms with Crippen LogP contribution in [0.3, 0.4) is 0 Å². The first-order chi connectivity index (χ1) is 8.58. The van der Waals surface area contributed by atoms with Gasteiger partial charge in [0.15, 0.2) is 5.78 Å². The zero-order valence-electron chi connectivity index (χ0n) is 10.6. The van der Waals surface area contributed by atoms with Crippen molar-refractivity contribution in [1.82, 2.24) is 0 Å². The Morgan fingerprint density at radius 2 is 2.28 bits per heavy atom. The number of carbonyl (C=O) groups is 2. The van der Waals surface area contributed by atoms with Gasteiger partial charge in [0, 0.05) is 25.0 Å². The number of methoxy groups -OCH3 is 2. The molecule has 0 amide bonds. The van der Waals surface area contributed by atoms with Crippen LogP contribution in [0.25, 0.3) is 0 Å². The lowest BCUT2D eigenvalue weighted by Gasteiger charge is -2.53. The smallest absolute Gasteiger partial charge is 0.313 e. The van der Waals surface area contributed by atoms with E-state index in [4.69, 9.17) is 14.6 Å². The zero-order valence-corrected chi connectivity index (χ0v) is 10.6. The van der Waals surface area contributed by atoms with Gasteiger partial charge in [0.25, 0.3) is 0 Å². The second-order valence-electron chi connectivity index (χ2n) is 5.00. The molecule has 2 aliphatic carbocycles. The first kappa shape index (κ1) is 13.1. The fourth-order valence-corrected chi connectivity index (χ4v) is 3.35. The number of aliphatic hydroxyl groups excluding tert-OH is 1. The van der Waals surface area contributed by atoms with Gasteiger partial charge in [-0.3, -0.25) is 9.59 Å². The van der Waals surface area contributed by atoms with Crippen LogP contribution in [0.5, 0.6) is 0 Å². The van der Waals surface area contributed by atoms with Crippen molar-refractivity contribution in [3.8, 4) is 0 Å². The summed E-state index contributed by atoms with van der Waals surface area (Å²) in [7, 11) is 2.83. The number of hydrogen-bond acceptors (Lipinski definition) is 5. The van der Waals surface area contributed by atoms with Crippen molar-refractivity contribution < 1.29 is 24.2 Å². The molecule has 2 aliphatic rings. The van der Waals surface area contributed by atoms with Crippen molar-refractivity contribution in [2.45, 2.75) is 19.3 Å². The van der Waals surface area contributed by atoms with Gasteiger partial charge >= 0.3 is 5.97 Å². The molecule has 5 nitrogen and oxygen atoms in total. The highest BCUT2D eigenvalue weighted by Gasteiger charge is 2.63. The molecule has 1 fully saturated rings. The Kier molecular flexibility index (Phi) is 3.43.